The minimum absolute atomic E-state index is 0.294. The van der Waals surface area contributed by atoms with Crippen molar-refractivity contribution in [2.24, 2.45) is 5.92 Å². The lowest BCUT2D eigenvalue weighted by Crippen LogP contribution is -2.56. The predicted molar refractivity (Wildman–Crippen MR) is 126 cm³/mol. The minimum atomic E-state index is -1.81. The highest BCUT2D eigenvalue weighted by atomic mass is 16.6. The summed E-state index contributed by atoms with van der Waals surface area (Å²) in [5.74, 6) is -6.63. The van der Waals surface area contributed by atoms with Crippen LogP contribution in [0.5, 0.6) is 0 Å². The van der Waals surface area contributed by atoms with E-state index in [2.05, 4.69) is 4.74 Å². The third kappa shape index (κ3) is 14.6. The van der Waals surface area contributed by atoms with Crippen LogP contribution in [0.2, 0.25) is 0 Å². The first-order chi connectivity index (χ1) is 18.1. The Morgan fingerprint density at radius 1 is 0.718 bits per heavy atom. The molecule has 222 valence electrons. The largest absolute Gasteiger partial charge is 0.469 e. The molecule has 0 fully saturated rings. The maximum absolute atomic E-state index is 12.1. The van der Waals surface area contributed by atoms with Crippen LogP contribution in [0.1, 0.15) is 47.5 Å². The lowest BCUT2D eigenvalue weighted by Gasteiger charge is -2.38. The van der Waals surface area contributed by atoms with Crippen molar-refractivity contribution in [1.29, 1.82) is 0 Å². The summed E-state index contributed by atoms with van der Waals surface area (Å²) >= 11 is 0. The van der Waals surface area contributed by atoms with Gasteiger partial charge in [-0.25, -0.2) is 0 Å². The van der Waals surface area contributed by atoms with Crippen LogP contribution in [0.4, 0.5) is 0 Å². The van der Waals surface area contributed by atoms with E-state index in [0.29, 0.717) is 0 Å². The monoisotopic (exact) mass is 565 g/mol. The van der Waals surface area contributed by atoms with Gasteiger partial charge < -0.3 is 33.2 Å². The summed E-state index contributed by atoms with van der Waals surface area (Å²) < 4.78 is 35.9. The molecular weight excluding hydrogens is 530 g/mol. The molecule has 0 aromatic rings. The molecule has 0 aliphatic rings. The zero-order chi connectivity index (χ0) is 30.3. The van der Waals surface area contributed by atoms with E-state index in [9.17, 15) is 38.9 Å². The van der Waals surface area contributed by atoms with Crippen molar-refractivity contribution in [1.82, 2.24) is 0 Å². The quantitative estimate of drug-likeness (QED) is 0.0993. The van der Waals surface area contributed by atoms with Gasteiger partial charge in [-0.3, -0.25) is 38.9 Å². The molecule has 0 aromatic carbocycles. The molecule has 0 saturated carbocycles. The number of methoxy groups -OCH3 is 2. The molecule has 0 rings (SSSR count). The van der Waals surface area contributed by atoms with Crippen molar-refractivity contribution in [2.45, 2.75) is 78.0 Å². The van der Waals surface area contributed by atoms with E-state index in [1.165, 1.54) is 7.11 Å². The Kier molecular flexibility index (Phi) is 15.9. The van der Waals surface area contributed by atoms with Gasteiger partial charge in [0.2, 0.25) is 6.54 Å². The van der Waals surface area contributed by atoms with Crippen molar-refractivity contribution in [2.75, 3.05) is 27.4 Å². The Labute approximate surface area is 224 Å². The van der Waals surface area contributed by atoms with Crippen LogP contribution in [-0.2, 0) is 61.9 Å². The SMILES string of the molecule is COC(=O)CC(C[C@@H](C[N+](=O)[O-])[C@H](OC(C)=O)[C@@H](OC(C)=O)[C@@H](OC(C)=O)[C@@H](COC(C)=O)OC(C)=O)OC. The molecule has 0 amide bonds. The van der Waals surface area contributed by atoms with Crippen molar-refractivity contribution < 1.29 is 66.8 Å². The van der Waals surface area contributed by atoms with Crippen LogP contribution in [0, 0.1) is 16.0 Å². The van der Waals surface area contributed by atoms with Gasteiger partial charge in [-0.1, -0.05) is 0 Å². The van der Waals surface area contributed by atoms with Crippen LogP contribution < -0.4 is 0 Å². The van der Waals surface area contributed by atoms with Crippen molar-refractivity contribution >= 4 is 35.8 Å². The topological polar surface area (TPSA) is 210 Å². The molecule has 0 spiro atoms. The van der Waals surface area contributed by atoms with E-state index < -0.39 is 90.3 Å². The predicted octanol–water partition coefficient (Wildman–Crippen LogP) is 0.137. The summed E-state index contributed by atoms with van der Waals surface area (Å²) in [7, 11) is 2.36. The molecule has 0 radical (unpaired) electrons. The van der Waals surface area contributed by atoms with Crippen LogP contribution in [0.25, 0.3) is 0 Å². The second kappa shape index (κ2) is 17.6. The van der Waals surface area contributed by atoms with Crippen molar-refractivity contribution in [3.8, 4) is 0 Å². The van der Waals surface area contributed by atoms with Crippen LogP contribution in [-0.4, -0.2) is 98.6 Å². The molecule has 0 aliphatic carbocycles. The smallest absolute Gasteiger partial charge is 0.308 e. The third-order valence-corrected chi connectivity index (χ3v) is 5.06. The van der Waals surface area contributed by atoms with Gasteiger partial charge >= 0.3 is 35.8 Å². The number of carbonyl (C=O) groups is 6. The maximum Gasteiger partial charge on any atom is 0.308 e. The molecule has 0 bridgehead atoms. The second-order valence-corrected chi connectivity index (χ2v) is 8.32. The van der Waals surface area contributed by atoms with Gasteiger partial charge in [0.1, 0.15) is 6.61 Å². The fourth-order valence-corrected chi connectivity index (χ4v) is 3.66. The normalized spacial score (nSPS) is 15.3. The first kappa shape index (κ1) is 35.2. The van der Waals surface area contributed by atoms with Crippen LogP contribution >= 0.6 is 0 Å². The summed E-state index contributed by atoms with van der Waals surface area (Å²) in [5.41, 5.74) is 0. The molecular formula is C23H35NO15. The Morgan fingerprint density at radius 2 is 1.21 bits per heavy atom. The number of nitrogens with zero attached hydrogens (tertiary/aromatic N) is 1. The summed E-state index contributed by atoms with van der Waals surface area (Å²) in [4.78, 5) is 82.3. The van der Waals surface area contributed by atoms with Gasteiger partial charge in [-0.15, -0.1) is 0 Å². The Balaban J connectivity index is 6.94. The highest BCUT2D eigenvalue weighted by molar-refractivity contribution is 5.70. The van der Waals surface area contributed by atoms with Gasteiger partial charge in [0.25, 0.3) is 0 Å². The zero-order valence-corrected chi connectivity index (χ0v) is 22.9. The number of ether oxygens (including phenoxy) is 7. The first-order valence-corrected chi connectivity index (χ1v) is 11.6. The number of esters is 6. The molecule has 1 unspecified atom stereocenters. The van der Waals surface area contributed by atoms with Gasteiger partial charge in [-0.05, 0) is 6.42 Å². The van der Waals surface area contributed by atoms with Crippen LogP contribution in [0.15, 0.2) is 0 Å². The fraction of sp³-hybridized carbons (Fsp3) is 0.739. The molecule has 0 aromatic heterocycles. The third-order valence-electron chi connectivity index (χ3n) is 5.06. The Morgan fingerprint density at radius 3 is 1.62 bits per heavy atom. The molecule has 0 N–H and O–H groups in total. The van der Waals surface area contributed by atoms with Gasteiger partial charge in [0.15, 0.2) is 24.4 Å². The minimum Gasteiger partial charge on any atom is -0.469 e. The second-order valence-electron chi connectivity index (χ2n) is 8.32. The van der Waals surface area contributed by atoms with E-state index in [-0.39, 0.29) is 12.8 Å². The van der Waals surface area contributed by atoms with E-state index in [0.717, 1.165) is 41.7 Å². The van der Waals surface area contributed by atoms with Gasteiger partial charge in [0, 0.05) is 46.7 Å². The van der Waals surface area contributed by atoms with E-state index >= 15 is 0 Å². The van der Waals surface area contributed by atoms with Gasteiger partial charge in [0.05, 0.1) is 25.6 Å². The zero-order valence-electron chi connectivity index (χ0n) is 22.9. The summed E-state index contributed by atoms with van der Waals surface area (Å²) in [6.07, 6.45) is -8.48. The molecule has 39 heavy (non-hydrogen) atoms. The maximum atomic E-state index is 12.1. The molecule has 0 saturated heterocycles. The summed E-state index contributed by atoms with van der Waals surface area (Å²) in [6, 6.07) is 0. The van der Waals surface area contributed by atoms with E-state index in [1.54, 1.807) is 0 Å². The van der Waals surface area contributed by atoms with Gasteiger partial charge in [-0.2, -0.15) is 0 Å². The highest BCUT2D eigenvalue weighted by Gasteiger charge is 2.48. The average Bonchev–Trinajstić information content (AvgIpc) is 2.80. The summed E-state index contributed by atoms with van der Waals surface area (Å²) in [5, 5.41) is 11.6. The van der Waals surface area contributed by atoms with E-state index in [4.69, 9.17) is 28.4 Å². The molecule has 0 aliphatic heterocycles. The number of nitro groups is 1. The van der Waals surface area contributed by atoms with E-state index in [1.807, 2.05) is 0 Å². The molecule has 16 nitrogen and oxygen atoms in total. The summed E-state index contributed by atoms with van der Waals surface area (Å²) in [6.45, 7) is 3.41. The fourth-order valence-electron chi connectivity index (χ4n) is 3.66. The lowest BCUT2D eigenvalue weighted by atomic mass is 9.87. The Hall–Kier alpha value is -3.82. The van der Waals surface area contributed by atoms with Crippen molar-refractivity contribution in [3.63, 3.8) is 0 Å². The first-order valence-electron chi connectivity index (χ1n) is 11.6. The number of hydrogen-bond donors (Lipinski definition) is 0. The van der Waals surface area contributed by atoms with Crippen LogP contribution in [0.3, 0.4) is 0 Å². The molecule has 16 heteroatoms. The molecule has 0 heterocycles. The molecule has 6 atom stereocenters. The lowest BCUT2D eigenvalue weighted by molar-refractivity contribution is -0.492. The number of rotatable bonds is 17. The Bertz CT molecular complexity index is 889. The standard InChI is InChI=1S/C23H35NO15/c1-12(25)35-11-19(36-13(2)26)22(38-15(4)28)23(39-16(5)29)21(37-14(3)27)17(10-24(31)32)8-18(33-6)9-20(30)34-7/h17-19,21-23H,8-11H2,1-7H3/t17-,18?,19+,21-,22-,23+/m0/s1. The number of carbonyl (C=O) groups excluding carboxylic acids is 6. The highest BCUT2D eigenvalue weighted by Crippen LogP contribution is 2.28. The van der Waals surface area contributed by atoms with Crippen molar-refractivity contribution in [3.05, 3.63) is 10.1 Å². The number of hydrogen-bond acceptors (Lipinski definition) is 15. The average molecular weight is 566 g/mol.